The summed E-state index contributed by atoms with van der Waals surface area (Å²) in [5.41, 5.74) is 1.31. The maximum Gasteiger partial charge on any atom is 0.417 e. The Balaban J connectivity index is 1.64. The predicted molar refractivity (Wildman–Crippen MR) is 89.4 cm³/mol. The number of anilines is 1. The summed E-state index contributed by atoms with van der Waals surface area (Å²) in [6.07, 6.45) is 2.67. The highest BCUT2D eigenvalue weighted by Gasteiger charge is 2.41. The first kappa shape index (κ1) is 16.6. The number of amides is 3. The zero-order valence-corrected chi connectivity index (χ0v) is 13.4. The Kier molecular flexibility index (Phi) is 5.03. The monoisotopic (exact) mass is 339 g/mol. The number of likely N-dealkylation sites (tertiary alicyclic amines) is 1. The first-order valence-corrected chi connectivity index (χ1v) is 7.89. The topological polar surface area (TPSA) is 88.6 Å². The molecule has 1 aromatic carbocycles. The van der Waals surface area contributed by atoms with Crippen molar-refractivity contribution in [2.75, 3.05) is 5.32 Å². The SMILES string of the molecule is O=C(Nc1cccnc1)[C@H]1CCC(=O)N1C(=O)OCc1ccccc1. The van der Waals surface area contributed by atoms with Gasteiger partial charge >= 0.3 is 6.09 Å². The number of nitrogens with zero attached hydrogens (tertiary/aromatic N) is 2. The molecule has 0 saturated carbocycles. The van der Waals surface area contributed by atoms with Crippen LogP contribution in [0.1, 0.15) is 18.4 Å². The maximum atomic E-state index is 12.4. The number of rotatable bonds is 4. The second-order valence-corrected chi connectivity index (χ2v) is 5.59. The molecule has 7 nitrogen and oxygen atoms in total. The highest BCUT2D eigenvalue weighted by Crippen LogP contribution is 2.22. The van der Waals surface area contributed by atoms with Gasteiger partial charge in [0.2, 0.25) is 11.8 Å². The van der Waals surface area contributed by atoms with Gasteiger partial charge < -0.3 is 10.1 Å². The summed E-state index contributed by atoms with van der Waals surface area (Å²) in [5.74, 6) is -0.847. The number of carbonyl (C=O) groups excluding carboxylic acids is 3. The van der Waals surface area contributed by atoms with Gasteiger partial charge in [0, 0.05) is 12.6 Å². The van der Waals surface area contributed by atoms with Crippen LogP contribution in [0.2, 0.25) is 0 Å². The van der Waals surface area contributed by atoms with Crippen LogP contribution >= 0.6 is 0 Å². The molecule has 0 radical (unpaired) electrons. The van der Waals surface area contributed by atoms with Crippen molar-refractivity contribution < 1.29 is 19.1 Å². The lowest BCUT2D eigenvalue weighted by molar-refractivity contribution is -0.131. The van der Waals surface area contributed by atoms with Gasteiger partial charge in [-0.25, -0.2) is 9.69 Å². The first-order chi connectivity index (χ1) is 12.1. The van der Waals surface area contributed by atoms with Gasteiger partial charge in [-0.15, -0.1) is 0 Å². The van der Waals surface area contributed by atoms with Gasteiger partial charge in [0.1, 0.15) is 12.6 Å². The predicted octanol–water partition coefficient (Wildman–Crippen LogP) is 2.35. The Hall–Kier alpha value is -3.22. The van der Waals surface area contributed by atoms with Crippen LogP contribution in [-0.4, -0.2) is 33.8 Å². The third-order valence-electron chi connectivity index (χ3n) is 3.85. The minimum Gasteiger partial charge on any atom is -0.444 e. The summed E-state index contributed by atoms with van der Waals surface area (Å²) < 4.78 is 5.19. The van der Waals surface area contributed by atoms with Crippen LogP contribution in [0.25, 0.3) is 0 Å². The molecular formula is C18H17N3O4. The summed E-state index contributed by atoms with van der Waals surface area (Å²) in [6, 6.07) is 11.6. The van der Waals surface area contributed by atoms with Crippen LogP contribution in [0.4, 0.5) is 10.5 Å². The van der Waals surface area contributed by atoms with Crippen molar-refractivity contribution in [1.29, 1.82) is 0 Å². The quantitative estimate of drug-likeness (QED) is 0.924. The van der Waals surface area contributed by atoms with E-state index in [1.807, 2.05) is 30.3 Å². The molecule has 1 atom stereocenters. The molecule has 3 rings (SSSR count). The van der Waals surface area contributed by atoms with Gasteiger partial charge in [-0.05, 0) is 24.1 Å². The fraction of sp³-hybridized carbons (Fsp3) is 0.222. The lowest BCUT2D eigenvalue weighted by Gasteiger charge is -2.21. The number of carbonyl (C=O) groups is 3. The van der Waals surface area contributed by atoms with Crippen LogP contribution < -0.4 is 5.32 Å². The van der Waals surface area contributed by atoms with Crippen LogP contribution in [-0.2, 0) is 20.9 Å². The average molecular weight is 339 g/mol. The van der Waals surface area contributed by atoms with Crippen LogP contribution in [0, 0.1) is 0 Å². The van der Waals surface area contributed by atoms with Crippen molar-refractivity contribution in [2.45, 2.75) is 25.5 Å². The third kappa shape index (κ3) is 4.00. The highest BCUT2D eigenvalue weighted by molar-refractivity contribution is 6.04. The smallest absolute Gasteiger partial charge is 0.417 e. The summed E-state index contributed by atoms with van der Waals surface area (Å²) in [7, 11) is 0. The van der Waals surface area contributed by atoms with Crippen molar-refractivity contribution in [3.8, 4) is 0 Å². The molecule has 2 heterocycles. The van der Waals surface area contributed by atoms with Gasteiger partial charge in [0.25, 0.3) is 0 Å². The Morgan fingerprint density at radius 2 is 2.00 bits per heavy atom. The van der Waals surface area contributed by atoms with Crippen molar-refractivity contribution in [1.82, 2.24) is 9.88 Å². The van der Waals surface area contributed by atoms with Gasteiger partial charge in [0.15, 0.2) is 0 Å². The molecule has 7 heteroatoms. The second-order valence-electron chi connectivity index (χ2n) is 5.59. The van der Waals surface area contributed by atoms with Gasteiger partial charge in [-0.3, -0.25) is 14.6 Å². The summed E-state index contributed by atoms with van der Waals surface area (Å²) >= 11 is 0. The number of pyridine rings is 1. The fourth-order valence-electron chi connectivity index (χ4n) is 2.61. The normalized spacial score (nSPS) is 16.6. The molecule has 0 aliphatic carbocycles. The standard InChI is InChI=1S/C18H17N3O4/c22-16-9-8-15(17(23)20-14-7-4-10-19-11-14)21(16)18(24)25-12-13-5-2-1-3-6-13/h1-7,10-11,15H,8-9,12H2,(H,20,23)/t15-/m1/s1. The fourth-order valence-corrected chi connectivity index (χ4v) is 2.61. The molecule has 0 unspecified atom stereocenters. The molecule has 2 aromatic rings. The molecule has 1 saturated heterocycles. The molecule has 25 heavy (non-hydrogen) atoms. The number of hydrogen-bond donors (Lipinski definition) is 1. The number of nitrogens with one attached hydrogen (secondary N) is 1. The lowest BCUT2D eigenvalue weighted by atomic mass is 10.2. The Labute approximate surface area is 144 Å². The van der Waals surface area contributed by atoms with E-state index in [4.69, 9.17) is 4.74 Å². The van der Waals surface area contributed by atoms with Crippen molar-refractivity contribution in [2.24, 2.45) is 0 Å². The number of benzene rings is 1. The van der Waals surface area contributed by atoms with Gasteiger partial charge in [-0.2, -0.15) is 0 Å². The molecular weight excluding hydrogens is 322 g/mol. The molecule has 1 aliphatic rings. The van der Waals surface area contributed by atoms with E-state index in [1.165, 1.54) is 6.20 Å². The zero-order chi connectivity index (χ0) is 17.6. The van der Waals surface area contributed by atoms with E-state index in [9.17, 15) is 14.4 Å². The average Bonchev–Trinajstić information content (AvgIpc) is 3.03. The lowest BCUT2D eigenvalue weighted by Crippen LogP contribution is -2.45. The number of hydrogen-bond acceptors (Lipinski definition) is 5. The molecule has 128 valence electrons. The van der Waals surface area contributed by atoms with E-state index in [1.54, 1.807) is 18.3 Å². The van der Waals surface area contributed by atoms with E-state index in [2.05, 4.69) is 10.3 Å². The van der Waals surface area contributed by atoms with Crippen LogP contribution in [0.15, 0.2) is 54.9 Å². The molecule has 0 bridgehead atoms. The summed E-state index contributed by atoms with van der Waals surface area (Å²) in [6.45, 7) is 0.0421. The molecule has 0 spiro atoms. The number of imide groups is 1. The Morgan fingerprint density at radius 3 is 2.72 bits per heavy atom. The van der Waals surface area contributed by atoms with E-state index in [-0.39, 0.29) is 19.4 Å². The summed E-state index contributed by atoms with van der Waals surface area (Å²) in [4.78, 5) is 41.5. The third-order valence-corrected chi connectivity index (χ3v) is 3.85. The number of ether oxygens (including phenoxy) is 1. The number of aromatic nitrogens is 1. The minimum atomic E-state index is -0.879. The highest BCUT2D eigenvalue weighted by atomic mass is 16.6. The molecule has 1 fully saturated rings. The van der Waals surface area contributed by atoms with Crippen molar-refractivity contribution >= 4 is 23.6 Å². The van der Waals surface area contributed by atoms with Gasteiger partial charge in [0.05, 0.1) is 11.9 Å². The minimum absolute atomic E-state index is 0.0421. The van der Waals surface area contributed by atoms with E-state index < -0.39 is 23.9 Å². The van der Waals surface area contributed by atoms with Crippen LogP contribution in [0.5, 0.6) is 0 Å². The largest absolute Gasteiger partial charge is 0.444 e. The Bertz CT molecular complexity index is 764. The second kappa shape index (κ2) is 7.57. The molecule has 1 N–H and O–H groups in total. The zero-order valence-electron chi connectivity index (χ0n) is 13.4. The maximum absolute atomic E-state index is 12.4. The van der Waals surface area contributed by atoms with E-state index in [0.717, 1.165) is 10.5 Å². The Morgan fingerprint density at radius 1 is 1.20 bits per heavy atom. The van der Waals surface area contributed by atoms with Crippen molar-refractivity contribution in [3.05, 3.63) is 60.4 Å². The van der Waals surface area contributed by atoms with Gasteiger partial charge in [-0.1, -0.05) is 30.3 Å². The van der Waals surface area contributed by atoms with E-state index >= 15 is 0 Å². The molecule has 3 amide bonds. The summed E-state index contributed by atoms with van der Waals surface area (Å²) in [5, 5.41) is 2.66. The van der Waals surface area contributed by atoms with Crippen molar-refractivity contribution in [3.63, 3.8) is 0 Å². The van der Waals surface area contributed by atoms with Crippen LogP contribution in [0.3, 0.4) is 0 Å². The first-order valence-electron chi connectivity index (χ1n) is 7.89. The molecule has 1 aliphatic heterocycles. The van der Waals surface area contributed by atoms with E-state index in [0.29, 0.717) is 5.69 Å². The molecule has 1 aromatic heterocycles.